The van der Waals surface area contributed by atoms with Gasteiger partial charge in [0.1, 0.15) is 5.03 Å². The molecule has 1 aromatic carbocycles. The Balaban J connectivity index is 2.18. The van der Waals surface area contributed by atoms with Crippen LogP contribution in [0.2, 0.25) is 0 Å². The van der Waals surface area contributed by atoms with Gasteiger partial charge in [-0.25, -0.2) is 4.98 Å². The van der Waals surface area contributed by atoms with E-state index < -0.39 is 0 Å². The second-order valence-electron chi connectivity index (χ2n) is 3.59. The first-order chi connectivity index (χ1) is 7.24. The molecule has 1 heterocycles. The van der Waals surface area contributed by atoms with Crippen molar-refractivity contribution >= 4 is 11.8 Å². The highest BCUT2D eigenvalue weighted by molar-refractivity contribution is 7.99. The Bertz CT molecular complexity index is 448. The van der Waals surface area contributed by atoms with Crippen LogP contribution in [0.4, 0.5) is 0 Å². The molecule has 0 aliphatic heterocycles. The molecular weight excluding hydrogens is 202 g/mol. The quantitative estimate of drug-likeness (QED) is 0.754. The zero-order chi connectivity index (χ0) is 10.7. The van der Waals surface area contributed by atoms with E-state index in [-0.39, 0.29) is 0 Å². The van der Waals surface area contributed by atoms with E-state index in [1.165, 1.54) is 16.0 Å². The smallest absolute Gasteiger partial charge is 0.101 e. The van der Waals surface area contributed by atoms with Gasteiger partial charge < -0.3 is 0 Å². The molecule has 1 aromatic heterocycles. The van der Waals surface area contributed by atoms with E-state index in [1.54, 1.807) is 11.8 Å². The number of aryl methyl sites for hydroxylation is 2. The van der Waals surface area contributed by atoms with Gasteiger partial charge in [-0.2, -0.15) is 0 Å². The summed E-state index contributed by atoms with van der Waals surface area (Å²) in [7, 11) is 0. The predicted molar refractivity (Wildman–Crippen MR) is 64.3 cm³/mol. The van der Waals surface area contributed by atoms with Gasteiger partial charge >= 0.3 is 0 Å². The Morgan fingerprint density at radius 1 is 0.933 bits per heavy atom. The topological polar surface area (TPSA) is 12.9 Å². The Hall–Kier alpha value is -1.28. The molecule has 0 aliphatic carbocycles. The fraction of sp³-hybridized carbons (Fsp3) is 0.154. The summed E-state index contributed by atoms with van der Waals surface area (Å²) >= 11 is 1.70. The molecule has 0 unspecified atom stereocenters. The second-order valence-corrected chi connectivity index (χ2v) is 4.68. The maximum absolute atomic E-state index is 4.32. The normalized spacial score (nSPS) is 10.3. The van der Waals surface area contributed by atoms with Crippen LogP contribution in [0.1, 0.15) is 11.1 Å². The third-order valence-electron chi connectivity index (χ3n) is 2.13. The molecule has 2 aromatic rings. The molecule has 0 saturated carbocycles. The maximum atomic E-state index is 4.32. The monoisotopic (exact) mass is 215 g/mol. The van der Waals surface area contributed by atoms with Gasteiger partial charge in [-0.05, 0) is 43.7 Å². The highest BCUT2D eigenvalue weighted by Gasteiger charge is 1.98. The van der Waals surface area contributed by atoms with Crippen molar-refractivity contribution in [2.75, 3.05) is 0 Å². The van der Waals surface area contributed by atoms with Gasteiger partial charge in [0.05, 0.1) is 0 Å². The molecule has 15 heavy (non-hydrogen) atoms. The van der Waals surface area contributed by atoms with Gasteiger partial charge in [-0.1, -0.05) is 29.5 Å². The number of nitrogens with zero attached hydrogens (tertiary/aromatic N) is 1. The lowest BCUT2D eigenvalue weighted by Gasteiger charge is -2.01. The van der Waals surface area contributed by atoms with E-state index in [2.05, 4.69) is 49.2 Å². The van der Waals surface area contributed by atoms with Crippen molar-refractivity contribution in [1.82, 2.24) is 4.98 Å². The first-order valence-corrected chi connectivity index (χ1v) is 5.73. The SMILES string of the molecule is Cc1ccc(Sc2cc(C)ccn2)cc1. The minimum absolute atomic E-state index is 1.05. The number of pyridine rings is 1. The van der Waals surface area contributed by atoms with Gasteiger partial charge in [-0.3, -0.25) is 0 Å². The summed E-state index contributed by atoms with van der Waals surface area (Å²) < 4.78 is 0. The Morgan fingerprint density at radius 2 is 1.67 bits per heavy atom. The van der Waals surface area contributed by atoms with Crippen molar-refractivity contribution < 1.29 is 0 Å². The lowest BCUT2D eigenvalue weighted by atomic mass is 10.2. The minimum Gasteiger partial charge on any atom is -0.250 e. The first-order valence-electron chi connectivity index (χ1n) is 4.91. The van der Waals surface area contributed by atoms with Crippen LogP contribution in [0.3, 0.4) is 0 Å². The lowest BCUT2D eigenvalue weighted by Crippen LogP contribution is -1.81. The van der Waals surface area contributed by atoms with Gasteiger partial charge in [0.25, 0.3) is 0 Å². The van der Waals surface area contributed by atoms with Crippen molar-refractivity contribution in [3.63, 3.8) is 0 Å². The zero-order valence-corrected chi connectivity index (χ0v) is 9.71. The van der Waals surface area contributed by atoms with Crippen LogP contribution in [0.5, 0.6) is 0 Å². The summed E-state index contributed by atoms with van der Waals surface area (Å²) in [6.45, 7) is 4.18. The fourth-order valence-corrected chi connectivity index (χ4v) is 2.16. The Morgan fingerprint density at radius 3 is 2.33 bits per heavy atom. The molecule has 2 heteroatoms. The van der Waals surface area contributed by atoms with Crippen LogP contribution in [-0.4, -0.2) is 4.98 Å². The van der Waals surface area contributed by atoms with Crippen molar-refractivity contribution in [3.8, 4) is 0 Å². The average molecular weight is 215 g/mol. The van der Waals surface area contributed by atoms with E-state index in [4.69, 9.17) is 0 Å². The number of aromatic nitrogens is 1. The van der Waals surface area contributed by atoms with Crippen molar-refractivity contribution in [2.45, 2.75) is 23.8 Å². The fourth-order valence-electron chi connectivity index (χ4n) is 1.29. The molecule has 1 nitrogen and oxygen atoms in total. The van der Waals surface area contributed by atoms with Crippen LogP contribution in [-0.2, 0) is 0 Å². The number of rotatable bonds is 2. The summed E-state index contributed by atoms with van der Waals surface area (Å²) in [6, 6.07) is 12.6. The van der Waals surface area contributed by atoms with Crippen molar-refractivity contribution in [3.05, 3.63) is 53.7 Å². The molecule has 0 aliphatic rings. The van der Waals surface area contributed by atoms with Crippen molar-refractivity contribution in [2.24, 2.45) is 0 Å². The molecule has 2 rings (SSSR count). The molecule has 0 fully saturated rings. The van der Waals surface area contributed by atoms with Gasteiger partial charge in [0.2, 0.25) is 0 Å². The summed E-state index contributed by atoms with van der Waals surface area (Å²) in [5, 5.41) is 1.05. The standard InChI is InChI=1S/C13H13NS/c1-10-3-5-12(6-4-10)15-13-9-11(2)7-8-14-13/h3-9H,1-2H3. The van der Waals surface area contributed by atoms with Crippen LogP contribution >= 0.6 is 11.8 Å². The van der Waals surface area contributed by atoms with Crippen LogP contribution in [0.15, 0.2) is 52.5 Å². The third kappa shape index (κ3) is 2.83. The molecular formula is C13H13NS. The molecule has 0 bridgehead atoms. The Kier molecular flexibility index (Phi) is 3.07. The van der Waals surface area contributed by atoms with E-state index >= 15 is 0 Å². The maximum Gasteiger partial charge on any atom is 0.101 e. The first kappa shape index (κ1) is 10.2. The van der Waals surface area contributed by atoms with E-state index in [0.717, 1.165) is 5.03 Å². The largest absolute Gasteiger partial charge is 0.250 e. The zero-order valence-electron chi connectivity index (χ0n) is 8.90. The lowest BCUT2D eigenvalue weighted by molar-refractivity contribution is 1.11. The summed E-state index contributed by atoms with van der Waals surface area (Å²) in [6.07, 6.45) is 1.85. The molecule has 76 valence electrons. The van der Waals surface area contributed by atoms with Gasteiger partial charge in [-0.15, -0.1) is 0 Å². The highest BCUT2D eigenvalue weighted by Crippen LogP contribution is 2.26. The van der Waals surface area contributed by atoms with Crippen LogP contribution in [0.25, 0.3) is 0 Å². The van der Waals surface area contributed by atoms with Gasteiger partial charge in [0.15, 0.2) is 0 Å². The summed E-state index contributed by atoms with van der Waals surface area (Å²) in [4.78, 5) is 5.56. The van der Waals surface area contributed by atoms with E-state index in [9.17, 15) is 0 Å². The number of hydrogen-bond acceptors (Lipinski definition) is 2. The molecule has 0 amide bonds. The number of hydrogen-bond donors (Lipinski definition) is 0. The Labute approximate surface area is 94.6 Å². The molecule has 0 radical (unpaired) electrons. The van der Waals surface area contributed by atoms with E-state index in [0.29, 0.717) is 0 Å². The van der Waals surface area contributed by atoms with Crippen LogP contribution < -0.4 is 0 Å². The van der Waals surface area contributed by atoms with Crippen LogP contribution in [0, 0.1) is 13.8 Å². The van der Waals surface area contributed by atoms with Gasteiger partial charge in [0, 0.05) is 11.1 Å². The minimum atomic E-state index is 1.05. The summed E-state index contributed by atoms with van der Waals surface area (Å²) in [5.41, 5.74) is 2.54. The third-order valence-corrected chi connectivity index (χ3v) is 3.07. The van der Waals surface area contributed by atoms with E-state index in [1.807, 2.05) is 12.3 Å². The predicted octanol–water partition coefficient (Wildman–Crippen LogP) is 3.85. The van der Waals surface area contributed by atoms with Crippen molar-refractivity contribution in [1.29, 1.82) is 0 Å². The molecule has 0 saturated heterocycles. The molecule has 0 atom stereocenters. The highest BCUT2D eigenvalue weighted by atomic mass is 32.2. The average Bonchev–Trinajstić information content (AvgIpc) is 2.22. The second kappa shape index (κ2) is 4.49. The molecule has 0 spiro atoms. The summed E-state index contributed by atoms with van der Waals surface area (Å²) in [5.74, 6) is 0. The number of benzene rings is 1. The molecule has 0 N–H and O–H groups in total.